The third kappa shape index (κ3) is 7.52. The molecule has 2 atom stereocenters. The first-order valence-electron chi connectivity index (χ1n) is 12.2. The van der Waals surface area contributed by atoms with Crippen LogP contribution in [-0.4, -0.2) is 50.3 Å². The fourth-order valence-electron chi connectivity index (χ4n) is 5.11. The zero-order chi connectivity index (χ0) is 23.3. The van der Waals surface area contributed by atoms with Crippen molar-refractivity contribution >= 4 is 21.6 Å². The molecule has 2 unspecified atom stereocenters. The van der Waals surface area contributed by atoms with E-state index in [-0.39, 0.29) is 5.75 Å². The molecule has 0 amide bonds. The molecule has 180 valence electrons. The van der Waals surface area contributed by atoms with Crippen LogP contribution in [0.3, 0.4) is 0 Å². The molecule has 5 nitrogen and oxygen atoms in total. The van der Waals surface area contributed by atoms with Crippen LogP contribution in [0.5, 0.6) is 0 Å². The average Bonchev–Trinajstić information content (AvgIpc) is 3.62. The van der Waals surface area contributed by atoms with Gasteiger partial charge in [-0.25, -0.2) is 13.6 Å². The molecule has 1 saturated carbocycles. The monoisotopic (exact) mass is 489 g/mol. The molecule has 2 aliphatic rings. The standard InChI is InChI=1S/C26H36ClN3O2S/c27-23-12-10-22(11-13-23)21-8-6-20(7-9-21)17-26-19-29-18-25(30(26)24-14-15-24)5-3-1-2-4-16-33(28,31)32/h6-13,24-26,29H,1-5,14-19H2,(H2,28,31,32). The van der Waals surface area contributed by atoms with Gasteiger partial charge < -0.3 is 5.32 Å². The van der Waals surface area contributed by atoms with Crippen LogP contribution in [0, 0.1) is 0 Å². The minimum atomic E-state index is -3.32. The van der Waals surface area contributed by atoms with Gasteiger partial charge in [0.2, 0.25) is 10.0 Å². The molecule has 1 aliphatic heterocycles. The number of nitrogens with one attached hydrogen (secondary N) is 1. The van der Waals surface area contributed by atoms with Gasteiger partial charge in [-0.1, -0.05) is 67.3 Å². The maximum atomic E-state index is 11.1. The van der Waals surface area contributed by atoms with Crippen molar-refractivity contribution in [2.75, 3.05) is 18.8 Å². The SMILES string of the molecule is NS(=O)(=O)CCCCCCC1CNCC(Cc2ccc(-c3ccc(Cl)cc3)cc2)N1C1CC1. The number of hydrogen-bond acceptors (Lipinski definition) is 4. The maximum Gasteiger partial charge on any atom is 0.209 e. The van der Waals surface area contributed by atoms with E-state index >= 15 is 0 Å². The van der Waals surface area contributed by atoms with E-state index in [1.807, 2.05) is 12.1 Å². The van der Waals surface area contributed by atoms with Gasteiger partial charge in [-0.3, -0.25) is 4.90 Å². The first kappa shape index (κ1) is 24.7. The highest BCUT2D eigenvalue weighted by Gasteiger charge is 2.40. The summed E-state index contributed by atoms with van der Waals surface area (Å²) in [5.74, 6) is 0.102. The molecule has 33 heavy (non-hydrogen) atoms. The van der Waals surface area contributed by atoms with E-state index < -0.39 is 10.0 Å². The summed E-state index contributed by atoms with van der Waals surface area (Å²) in [5, 5.41) is 9.54. The van der Waals surface area contributed by atoms with Crippen molar-refractivity contribution in [1.82, 2.24) is 10.2 Å². The first-order valence-corrected chi connectivity index (χ1v) is 14.3. The van der Waals surface area contributed by atoms with Crippen molar-refractivity contribution in [2.45, 2.75) is 69.5 Å². The van der Waals surface area contributed by atoms with Gasteiger partial charge in [0.25, 0.3) is 0 Å². The van der Waals surface area contributed by atoms with E-state index in [9.17, 15) is 8.42 Å². The topological polar surface area (TPSA) is 75.4 Å². The second kappa shape index (κ2) is 11.3. The van der Waals surface area contributed by atoms with Gasteiger partial charge in [-0.05, 0) is 60.9 Å². The molecule has 0 spiro atoms. The van der Waals surface area contributed by atoms with Crippen LogP contribution in [0.15, 0.2) is 48.5 Å². The summed E-state index contributed by atoms with van der Waals surface area (Å²) in [7, 11) is -3.32. The zero-order valence-electron chi connectivity index (χ0n) is 19.3. The molecule has 0 aromatic heterocycles. The Morgan fingerprint density at radius 1 is 0.879 bits per heavy atom. The van der Waals surface area contributed by atoms with Gasteiger partial charge in [-0.15, -0.1) is 0 Å². The summed E-state index contributed by atoms with van der Waals surface area (Å²) in [6.07, 6.45) is 8.68. The highest BCUT2D eigenvalue weighted by atomic mass is 35.5. The number of sulfonamides is 1. The molecule has 4 rings (SSSR count). The summed E-state index contributed by atoms with van der Waals surface area (Å²) in [5.41, 5.74) is 3.79. The molecule has 7 heteroatoms. The molecule has 0 radical (unpaired) electrons. The number of nitrogens with zero attached hydrogens (tertiary/aromatic N) is 1. The third-order valence-corrected chi connectivity index (χ3v) is 8.00. The molecule has 1 aliphatic carbocycles. The highest BCUT2D eigenvalue weighted by Crippen LogP contribution is 2.34. The van der Waals surface area contributed by atoms with Crippen molar-refractivity contribution < 1.29 is 8.42 Å². The molecule has 3 N–H and O–H groups in total. The van der Waals surface area contributed by atoms with Crippen LogP contribution in [0.1, 0.15) is 50.5 Å². The number of halogens is 1. The smallest absolute Gasteiger partial charge is 0.209 e. The van der Waals surface area contributed by atoms with E-state index in [4.69, 9.17) is 16.7 Å². The Hall–Kier alpha value is -1.44. The van der Waals surface area contributed by atoms with Crippen LogP contribution in [0.4, 0.5) is 0 Å². The van der Waals surface area contributed by atoms with E-state index in [2.05, 4.69) is 46.6 Å². The largest absolute Gasteiger partial charge is 0.314 e. The van der Waals surface area contributed by atoms with Crippen molar-refractivity contribution in [3.63, 3.8) is 0 Å². The Morgan fingerprint density at radius 2 is 1.48 bits per heavy atom. The number of nitrogens with two attached hydrogens (primary N) is 1. The third-order valence-electron chi connectivity index (χ3n) is 6.89. The molecular weight excluding hydrogens is 454 g/mol. The lowest BCUT2D eigenvalue weighted by Crippen LogP contribution is -2.58. The quantitative estimate of drug-likeness (QED) is 0.452. The number of unbranched alkanes of at least 4 members (excludes halogenated alkanes) is 3. The number of hydrogen-bond donors (Lipinski definition) is 2. The van der Waals surface area contributed by atoms with E-state index in [1.54, 1.807) is 0 Å². The number of piperazine rings is 1. The van der Waals surface area contributed by atoms with E-state index in [0.29, 0.717) is 18.5 Å². The van der Waals surface area contributed by atoms with Crippen LogP contribution in [0.25, 0.3) is 11.1 Å². The van der Waals surface area contributed by atoms with Crippen LogP contribution < -0.4 is 10.5 Å². The molecule has 2 aromatic rings. The Kier molecular flexibility index (Phi) is 8.47. The van der Waals surface area contributed by atoms with Crippen molar-refractivity contribution in [3.8, 4) is 11.1 Å². The lowest BCUT2D eigenvalue weighted by Gasteiger charge is -2.43. The highest BCUT2D eigenvalue weighted by molar-refractivity contribution is 7.89. The van der Waals surface area contributed by atoms with E-state index in [1.165, 1.54) is 36.0 Å². The molecular formula is C26H36ClN3O2S. The predicted molar refractivity (Wildman–Crippen MR) is 137 cm³/mol. The first-order chi connectivity index (χ1) is 15.9. The molecule has 1 saturated heterocycles. The van der Waals surface area contributed by atoms with Gasteiger partial charge in [0.1, 0.15) is 0 Å². The number of primary sulfonamides is 1. The minimum Gasteiger partial charge on any atom is -0.314 e. The number of rotatable bonds is 11. The van der Waals surface area contributed by atoms with Gasteiger partial charge in [0, 0.05) is 36.2 Å². The summed E-state index contributed by atoms with van der Waals surface area (Å²) >= 11 is 6.02. The Morgan fingerprint density at radius 3 is 2.12 bits per heavy atom. The minimum absolute atomic E-state index is 0.102. The average molecular weight is 490 g/mol. The summed E-state index contributed by atoms with van der Waals surface area (Å²) < 4.78 is 22.2. The summed E-state index contributed by atoms with van der Waals surface area (Å²) in [6, 6.07) is 18.8. The molecule has 1 heterocycles. The Bertz CT molecular complexity index is 991. The second-order valence-electron chi connectivity index (χ2n) is 9.62. The maximum absolute atomic E-state index is 11.1. The molecule has 2 aromatic carbocycles. The zero-order valence-corrected chi connectivity index (χ0v) is 20.8. The fraction of sp³-hybridized carbons (Fsp3) is 0.538. The van der Waals surface area contributed by atoms with E-state index in [0.717, 1.165) is 49.8 Å². The van der Waals surface area contributed by atoms with Gasteiger partial charge in [0.15, 0.2) is 0 Å². The summed E-state index contributed by atoms with van der Waals surface area (Å²) in [6.45, 7) is 2.10. The lowest BCUT2D eigenvalue weighted by atomic mass is 9.95. The fourth-order valence-corrected chi connectivity index (χ4v) is 5.84. The van der Waals surface area contributed by atoms with Crippen molar-refractivity contribution in [3.05, 3.63) is 59.1 Å². The van der Waals surface area contributed by atoms with Crippen molar-refractivity contribution in [2.24, 2.45) is 5.14 Å². The van der Waals surface area contributed by atoms with Crippen LogP contribution in [0.2, 0.25) is 5.02 Å². The molecule has 0 bridgehead atoms. The van der Waals surface area contributed by atoms with Gasteiger partial charge in [-0.2, -0.15) is 0 Å². The van der Waals surface area contributed by atoms with Crippen LogP contribution >= 0.6 is 11.6 Å². The Labute approximate surface area is 203 Å². The van der Waals surface area contributed by atoms with Crippen LogP contribution in [-0.2, 0) is 16.4 Å². The summed E-state index contributed by atoms with van der Waals surface area (Å²) in [4.78, 5) is 2.80. The molecule has 2 fully saturated rings. The lowest BCUT2D eigenvalue weighted by molar-refractivity contribution is 0.0799. The van der Waals surface area contributed by atoms with Gasteiger partial charge >= 0.3 is 0 Å². The number of benzene rings is 2. The Balaban J connectivity index is 1.31. The normalized spacial score (nSPS) is 21.9. The van der Waals surface area contributed by atoms with Crippen molar-refractivity contribution in [1.29, 1.82) is 0 Å². The predicted octanol–water partition coefficient (Wildman–Crippen LogP) is 4.59. The second-order valence-corrected chi connectivity index (χ2v) is 11.8. The van der Waals surface area contributed by atoms with Gasteiger partial charge in [0.05, 0.1) is 5.75 Å².